The molecule has 350 valence electrons. The molecular weight excluding hydrogens is 911 g/mol. The highest BCUT2D eigenvalue weighted by Gasteiger charge is 2.55. The van der Waals surface area contributed by atoms with Crippen molar-refractivity contribution in [3.05, 3.63) is 173 Å². The Morgan fingerprint density at radius 3 is 1.73 bits per heavy atom. The summed E-state index contributed by atoms with van der Waals surface area (Å²) in [6, 6.07) is 26.2. The van der Waals surface area contributed by atoms with Crippen LogP contribution in [0.2, 0.25) is 10.0 Å². The van der Waals surface area contributed by atoms with Gasteiger partial charge in [0, 0.05) is 14.7 Å². The number of benzene rings is 4. The first kappa shape index (κ1) is 49.9. The van der Waals surface area contributed by atoms with Gasteiger partial charge in [-0.25, -0.2) is 14.4 Å². The summed E-state index contributed by atoms with van der Waals surface area (Å²) in [7, 11) is 0. The van der Waals surface area contributed by atoms with E-state index in [1.165, 1.54) is 30.3 Å². The molecule has 0 bridgehead atoms. The fourth-order valence-corrected chi connectivity index (χ4v) is 7.98. The number of carbonyl (C=O) groups is 3. The Labute approximate surface area is 394 Å². The first-order chi connectivity index (χ1) is 32.3. The Balaban J connectivity index is 1.47. The maximum atomic E-state index is 14.2. The molecule has 2 aliphatic rings. The van der Waals surface area contributed by atoms with E-state index in [0.717, 1.165) is 11.1 Å². The van der Waals surface area contributed by atoms with Gasteiger partial charge in [0.05, 0.1) is 59.1 Å². The average Bonchev–Trinajstić information content (AvgIpc) is 3.30. The Bertz CT molecular complexity index is 2490. The number of ether oxygens (including phenoxy) is 7. The number of nitrogens with zero attached hydrogens (tertiary/aromatic N) is 9. The van der Waals surface area contributed by atoms with Gasteiger partial charge in [0.25, 0.3) is 0 Å². The highest BCUT2D eigenvalue weighted by Crippen LogP contribution is 2.37. The Morgan fingerprint density at radius 1 is 0.687 bits per heavy atom. The zero-order chi connectivity index (χ0) is 47.9. The second kappa shape index (κ2) is 23.8. The first-order valence-electron chi connectivity index (χ1n) is 20.9. The van der Waals surface area contributed by atoms with Gasteiger partial charge in [0.1, 0.15) is 30.0 Å². The lowest BCUT2D eigenvalue weighted by atomic mass is 9.83. The summed E-state index contributed by atoms with van der Waals surface area (Å²) in [5.74, 6) is -2.02. The summed E-state index contributed by atoms with van der Waals surface area (Å²) >= 11 is 12.9. The van der Waals surface area contributed by atoms with Gasteiger partial charge in [-0.15, -0.1) is 0 Å². The molecule has 0 aromatic heterocycles. The Kier molecular flexibility index (Phi) is 17.7. The van der Waals surface area contributed by atoms with Crippen LogP contribution in [0.4, 0.5) is 4.79 Å². The fourth-order valence-electron chi connectivity index (χ4n) is 7.55. The van der Waals surface area contributed by atoms with Crippen molar-refractivity contribution in [1.82, 2.24) is 5.32 Å². The molecule has 1 heterocycles. The van der Waals surface area contributed by atoms with Crippen LogP contribution in [-0.4, -0.2) is 91.2 Å². The van der Waals surface area contributed by atoms with Crippen LogP contribution in [0.1, 0.15) is 59.0 Å². The van der Waals surface area contributed by atoms with Crippen LogP contribution in [0.15, 0.2) is 125 Å². The first-order valence-corrected chi connectivity index (χ1v) is 21.7. The minimum atomic E-state index is -1.78. The molecule has 1 aliphatic carbocycles. The fraction of sp³-hybridized carbons (Fsp3) is 0.400. The second-order valence-corrected chi connectivity index (χ2v) is 17.0. The van der Waals surface area contributed by atoms with E-state index < -0.39 is 84.7 Å². The molecule has 1 saturated carbocycles. The molecular formula is C45H46Cl2N10O10. The van der Waals surface area contributed by atoms with Gasteiger partial charge in [-0.2, -0.15) is 0 Å². The van der Waals surface area contributed by atoms with E-state index in [2.05, 4.69) is 35.4 Å². The van der Waals surface area contributed by atoms with E-state index in [0.29, 0.717) is 0 Å². The van der Waals surface area contributed by atoms with Gasteiger partial charge in [-0.3, -0.25) is 0 Å². The minimum Gasteiger partial charge on any atom is -0.452 e. The number of rotatable bonds is 17. The van der Waals surface area contributed by atoms with Crippen LogP contribution in [0, 0.1) is 0 Å². The highest BCUT2D eigenvalue weighted by molar-refractivity contribution is 6.34. The van der Waals surface area contributed by atoms with Gasteiger partial charge >= 0.3 is 18.0 Å². The number of hydrogen-bond acceptors (Lipinski definition) is 13. The van der Waals surface area contributed by atoms with E-state index in [9.17, 15) is 31.0 Å². The molecule has 67 heavy (non-hydrogen) atoms. The normalized spacial score (nSPS) is 24.6. The van der Waals surface area contributed by atoms with E-state index >= 15 is 0 Å². The lowest BCUT2D eigenvalue weighted by Crippen LogP contribution is -2.66. The number of carbonyl (C=O) groups excluding carboxylic acids is 3. The third-order valence-electron chi connectivity index (χ3n) is 10.5. The van der Waals surface area contributed by atoms with Gasteiger partial charge < -0.3 is 38.5 Å². The van der Waals surface area contributed by atoms with Gasteiger partial charge in [0.2, 0.25) is 0 Å². The standard InChI is InChI=1S/C45H46Cl2N10O10/c1-45(2,3)67-44(60)52-32-22-33(53-56-49)37(40(65-42(59)29-19-11-13-21-31(29)47)36(32)64-41(58)28-18-10-12-20-30(28)46)66-43-35(54-57-50)39(62-25-27-16-8-5-9-17-27)38(34(63-43)23-51-55-48)61-24-26-14-6-4-7-15-26/h4-21,32-40,43H,22-25H2,1-3H3,(H,52,60)/t32-,33+,34-,35-,36+,37-,38-,39-,40-,43-/m1/s1. The van der Waals surface area contributed by atoms with Crippen molar-refractivity contribution in [2.75, 3.05) is 6.54 Å². The number of nitrogens with one attached hydrogen (secondary N) is 1. The quantitative estimate of drug-likeness (QED) is 0.0343. The van der Waals surface area contributed by atoms with Crippen molar-refractivity contribution in [2.24, 2.45) is 15.3 Å². The molecule has 1 N–H and O–H groups in total. The maximum absolute atomic E-state index is 14.2. The number of azide groups is 3. The zero-order valence-electron chi connectivity index (χ0n) is 36.4. The predicted molar refractivity (Wildman–Crippen MR) is 243 cm³/mol. The summed E-state index contributed by atoms with van der Waals surface area (Å²) < 4.78 is 44.1. The van der Waals surface area contributed by atoms with Gasteiger partial charge in [-0.05, 0) is 79.2 Å². The topological polar surface area (TPSA) is 274 Å². The van der Waals surface area contributed by atoms with E-state index in [-0.39, 0.29) is 47.4 Å². The lowest BCUT2D eigenvalue weighted by molar-refractivity contribution is -0.300. The van der Waals surface area contributed by atoms with Crippen molar-refractivity contribution >= 4 is 41.2 Å². The van der Waals surface area contributed by atoms with Crippen LogP contribution in [0.5, 0.6) is 0 Å². The maximum Gasteiger partial charge on any atom is 0.408 e. The zero-order valence-corrected chi connectivity index (χ0v) is 37.9. The van der Waals surface area contributed by atoms with Crippen LogP contribution < -0.4 is 5.32 Å². The van der Waals surface area contributed by atoms with Crippen LogP contribution in [-0.2, 0) is 46.4 Å². The molecule has 6 rings (SSSR count). The number of halogens is 2. The average molecular weight is 958 g/mol. The van der Waals surface area contributed by atoms with E-state index in [1.54, 1.807) is 39.0 Å². The number of alkyl carbamates (subject to hydrolysis) is 1. The largest absolute Gasteiger partial charge is 0.452 e. The Hall–Kier alpha value is -6.56. The number of amides is 1. The van der Waals surface area contributed by atoms with Crippen molar-refractivity contribution < 1.29 is 47.5 Å². The molecule has 10 atom stereocenters. The lowest BCUT2D eigenvalue weighted by Gasteiger charge is -2.48. The highest BCUT2D eigenvalue weighted by atomic mass is 35.5. The van der Waals surface area contributed by atoms with Crippen molar-refractivity contribution in [2.45, 2.75) is 107 Å². The molecule has 0 radical (unpaired) electrons. The van der Waals surface area contributed by atoms with Gasteiger partial charge in [-0.1, -0.05) is 123 Å². The third-order valence-corrected chi connectivity index (χ3v) is 11.1. The van der Waals surface area contributed by atoms with Crippen molar-refractivity contribution in [3.63, 3.8) is 0 Å². The molecule has 0 spiro atoms. The predicted octanol–water partition coefficient (Wildman–Crippen LogP) is 9.99. The Morgan fingerprint density at radius 2 is 1.21 bits per heavy atom. The molecule has 20 nitrogen and oxygen atoms in total. The number of hydrogen-bond donors (Lipinski definition) is 1. The third kappa shape index (κ3) is 13.5. The molecule has 1 aliphatic heterocycles. The van der Waals surface area contributed by atoms with Gasteiger partial charge in [0.15, 0.2) is 18.5 Å². The smallest absolute Gasteiger partial charge is 0.408 e. The molecule has 0 unspecified atom stereocenters. The van der Waals surface area contributed by atoms with E-state index in [4.69, 9.17) is 56.4 Å². The molecule has 2 fully saturated rings. The molecule has 4 aromatic carbocycles. The van der Waals surface area contributed by atoms with Crippen molar-refractivity contribution in [3.8, 4) is 0 Å². The van der Waals surface area contributed by atoms with Crippen LogP contribution in [0.25, 0.3) is 31.3 Å². The summed E-state index contributed by atoms with van der Waals surface area (Å²) in [5, 5.41) is 14.6. The summed E-state index contributed by atoms with van der Waals surface area (Å²) in [6.45, 7) is 4.59. The molecule has 1 amide bonds. The summed E-state index contributed by atoms with van der Waals surface area (Å²) in [4.78, 5) is 50.9. The molecule has 1 saturated heterocycles. The second-order valence-electron chi connectivity index (χ2n) is 16.2. The SMILES string of the molecule is CC(C)(C)OC(=O)N[C@@H]1C[C@H](N=[N+]=[N-])[C@@H](O[C@H]2O[C@H](CN=[N+]=[N-])[C@@H](OCc3ccccc3)[C@H](OCc3ccccc3)[C@H]2N=[N+]=[N-])[C@H](OC(=O)c2ccccc2Cl)[C@H]1OC(=O)c1ccccc1Cl. The van der Waals surface area contributed by atoms with Crippen molar-refractivity contribution in [1.29, 1.82) is 0 Å². The molecule has 4 aromatic rings. The number of esters is 2. The minimum absolute atomic E-state index is 0.000270. The molecule has 22 heteroatoms. The van der Waals surface area contributed by atoms with Crippen LogP contribution in [0.3, 0.4) is 0 Å². The summed E-state index contributed by atoms with van der Waals surface area (Å²) in [6.07, 6.45) is -11.4. The van der Waals surface area contributed by atoms with E-state index in [1.807, 2.05) is 60.7 Å². The van der Waals surface area contributed by atoms with Crippen LogP contribution >= 0.6 is 23.2 Å². The summed E-state index contributed by atoms with van der Waals surface area (Å²) in [5.41, 5.74) is 29.9. The monoisotopic (exact) mass is 956 g/mol.